The molecule has 8 heteroatoms. The number of thiazole rings is 1. The highest BCUT2D eigenvalue weighted by molar-refractivity contribution is 7.88. The van der Waals surface area contributed by atoms with Gasteiger partial charge in [0.2, 0.25) is 10.0 Å². The van der Waals surface area contributed by atoms with Gasteiger partial charge >= 0.3 is 0 Å². The number of sulfonamides is 1. The molecule has 0 bridgehead atoms. The first-order valence-corrected chi connectivity index (χ1v) is 10.9. The maximum atomic E-state index is 11.2. The monoisotopic (exact) mass is 404 g/mol. The van der Waals surface area contributed by atoms with Crippen molar-refractivity contribution in [3.05, 3.63) is 53.4 Å². The summed E-state index contributed by atoms with van der Waals surface area (Å²) in [6.07, 6.45) is 1.15. The van der Waals surface area contributed by atoms with Crippen LogP contribution in [0.25, 0.3) is 21.8 Å². The zero-order valence-electron chi connectivity index (χ0n) is 15.2. The van der Waals surface area contributed by atoms with E-state index in [1.165, 1.54) is 0 Å². The number of nitrogens with one attached hydrogen (secondary N) is 1. The molecule has 0 aliphatic heterocycles. The van der Waals surface area contributed by atoms with Crippen LogP contribution in [0.2, 0.25) is 0 Å². The molecule has 1 heterocycles. The highest BCUT2D eigenvalue weighted by atomic mass is 32.2. The molecule has 0 radical (unpaired) electrons. The van der Waals surface area contributed by atoms with Crippen molar-refractivity contribution in [2.24, 2.45) is 0 Å². The lowest BCUT2D eigenvalue weighted by Crippen LogP contribution is -2.21. The van der Waals surface area contributed by atoms with Crippen LogP contribution in [0.15, 0.2) is 47.8 Å². The third kappa shape index (κ3) is 4.85. The van der Waals surface area contributed by atoms with Crippen LogP contribution in [0.5, 0.6) is 11.5 Å². The second kappa shape index (κ2) is 8.08. The van der Waals surface area contributed by atoms with Gasteiger partial charge in [-0.25, -0.2) is 18.1 Å². The maximum absolute atomic E-state index is 11.2. The average molecular weight is 405 g/mol. The summed E-state index contributed by atoms with van der Waals surface area (Å²) in [5, 5.41) is 2.89. The Balaban J connectivity index is 1.79. The summed E-state index contributed by atoms with van der Waals surface area (Å²) in [6, 6.07) is 13.4. The maximum Gasteiger partial charge on any atom is 0.209 e. The lowest BCUT2D eigenvalue weighted by Gasteiger charge is -2.08. The standard InChI is InChI=1S/C19H20N2O4S2/c1-24-17-9-8-15(10-18(17)25-2)16-12-26-19(21-16)14-6-4-13(5-7-14)11-20-27(3,22)23/h4-10,12,20H,11H2,1-3H3. The number of rotatable bonds is 7. The molecule has 1 aromatic heterocycles. The highest BCUT2D eigenvalue weighted by Crippen LogP contribution is 2.34. The molecular weight excluding hydrogens is 384 g/mol. The van der Waals surface area contributed by atoms with E-state index in [1.54, 1.807) is 25.6 Å². The van der Waals surface area contributed by atoms with Crippen molar-refractivity contribution in [1.29, 1.82) is 0 Å². The Morgan fingerprint density at radius 3 is 2.30 bits per heavy atom. The minimum atomic E-state index is -3.20. The lowest BCUT2D eigenvalue weighted by molar-refractivity contribution is 0.355. The van der Waals surface area contributed by atoms with Crippen LogP contribution in [0, 0.1) is 0 Å². The van der Waals surface area contributed by atoms with Gasteiger partial charge in [0.1, 0.15) is 5.01 Å². The molecule has 0 atom stereocenters. The fraction of sp³-hybridized carbons (Fsp3) is 0.211. The molecule has 0 spiro atoms. The second-order valence-electron chi connectivity index (χ2n) is 5.90. The molecule has 0 saturated heterocycles. The zero-order valence-corrected chi connectivity index (χ0v) is 16.9. The minimum absolute atomic E-state index is 0.272. The molecule has 0 saturated carbocycles. The summed E-state index contributed by atoms with van der Waals surface area (Å²) < 4.78 is 35.5. The summed E-state index contributed by atoms with van der Waals surface area (Å²) in [5.74, 6) is 1.34. The Morgan fingerprint density at radius 2 is 1.67 bits per heavy atom. The molecule has 27 heavy (non-hydrogen) atoms. The van der Waals surface area contributed by atoms with E-state index < -0.39 is 10.0 Å². The van der Waals surface area contributed by atoms with E-state index in [0.717, 1.165) is 33.6 Å². The molecule has 142 valence electrons. The van der Waals surface area contributed by atoms with Gasteiger partial charge in [-0.3, -0.25) is 0 Å². The van der Waals surface area contributed by atoms with E-state index in [2.05, 4.69) is 4.72 Å². The number of ether oxygens (including phenoxy) is 2. The number of benzene rings is 2. The van der Waals surface area contributed by atoms with Crippen molar-refractivity contribution < 1.29 is 17.9 Å². The van der Waals surface area contributed by atoms with E-state index in [0.29, 0.717) is 11.5 Å². The fourth-order valence-electron chi connectivity index (χ4n) is 2.51. The van der Waals surface area contributed by atoms with Gasteiger partial charge in [-0.05, 0) is 23.8 Å². The lowest BCUT2D eigenvalue weighted by atomic mass is 10.1. The third-order valence-corrected chi connectivity index (χ3v) is 5.48. The summed E-state index contributed by atoms with van der Waals surface area (Å²) in [7, 11) is 0.00797. The Kier molecular flexibility index (Phi) is 5.79. The van der Waals surface area contributed by atoms with Gasteiger partial charge in [0.25, 0.3) is 0 Å². The van der Waals surface area contributed by atoms with Crippen LogP contribution in [-0.2, 0) is 16.6 Å². The second-order valence-corrected chi connectivity index (χ2v) is 8.59. The van der Waals surface area contributed by atoms with E-state index in [1.807, 2.05) is 47.8 Å². The predicted octanol–water partition coefficient (Wildman–Crippen LogP) is 3.54. The largest absolute Gasteiger partial charge is 0.493 e. The van der Waals surface area contributed by atoms with Gasteiger partial charge in [-0.15, -0.1) is 11.3 Å². The Bertz CT molecular complexity index is 1030. The number of hydrogen-bond acceptors (Lipinski definition) is 6. The van der Waals surface area contributed by atoms with Crippen molar-refractivity contribution in [2.45, 2.75) is 6.54 Å². The van der Waals surface area contributed by atoms with Gasteiger partial charge in [-0.2, -0.15) is 0 Å². The zero-order chi connectivity index (χ0) is 19.4. The van der Waals surface area contributed by atoms with E-state index in [4.69, 9.17) is 14.5 Å². The third-order valence-electron chi connectivity index (χ3n) is 3.92. The van der Waals surface area contributed by atoms with Crippen molar-refractivity contribution in [1.82, 2.24) is 9.71 Å². The van der Waals surface area contributed by atoms with Gasteiger partial charge < -0.3 is 9.47 Å². The van der Waals surface area contributed by atoms with Gasteiger partial charge in [0.15, 0.2) is 11.5 Å². The van der Waals surface area contributed by atoms with Crippen LogP contribution < -0.4 is 14.2 Å². The quantitative estimate of drug-likeness (QED) is 0.652. The summed E-state index contributed by atoms with van der Waals surface area (Å²) in [5.41, 5.74) is 3.68. The first-order chi connectivity index (χ1) is 12.9. The number of hydrogen-bond donors (Lipinski definition) is 1. The average Bonchev–Trinajstić information content (AvgIpc) is 3.16. The first-order valence-electron chi connectivity index (χ1n) is 8.11. The van der Waals surface area contributed by atoms with Crippen molar-refractivity contribution >= 4 is 21.4 Å². The van der Waals surface area contributed by atoms with Gasteiger partial charge in [0, 0.05) is 23.1 Å². The Hall–Kier alpha value is -2.42. The summed E-state index contributed by atoms with van der Waals surface area (Å²) >= 11 is 1.55. The van der Waals surface area contributed by atoms with Gasteiger partial charge in [-0.1, -0.05) is 24.3 Å². The summed E-state index contributed by atoms with van der Waals surface area (Å²) in [4.78, 5) is 4.71. The van der Waals surface area contributed by atoms with Crippen LogP contribution >= 0.6 is 11.3 Å². The van der Waals surface area contributed by atoms with Crippen molar-refractivity contribution in [3.63, 3.8) is 0 Å². The van der Waals surface area contributed by atoms with E-state index >= 15 is 0 Å². The van der Waals surface area contributed by atoms with Crippen molar-refractivity contribution in [3.8, 4) is 33.3 Å². The molecule has 1 N–H and O–H groups in total. The molecule has 0 aliphatic rings. The molecule has 0 amide bonds. The van der Waals surface area contributed by atoms with Crippen LogP contribution in [0.4, 0.5) is 0 Å². The molecular formula is C19H20N2O4S2. The molecule has 3 aromatic rings. The van der Waals surface area contributed by atoms with Crippen LogP contribution in [-0.4, -0.2) is 33.9 Å². The molecule has 3 rings (SSSR count). The van der Waals surface area contributed by atoms with Crippen LogP contribution in [0.1, 0.15) is 5.56 Å². The van der Waals surface area contributed by atoms with E-state index in [-0.39, 0.29) is 6.54 Å². The molecule has 0 fully saturated rings. The number of nitrogens with zero attached hydrogens (tertiary/aromatic N) is 1. The fourth-order valence-corrected chi connectivity index (χ4v) is 3.78. The van der Waals surface area contributed by atoms with Crippen molar-refractivity contribution in [2.75, 3.05) is 20.5 Å². The molecule has 2 aromatic carbocycles. The highest BCUT2D eigenvalue weighted by Gasteiger charge is 2.10. The number of aromatic nitrogens is 1. The number of methoxy groups -OCH3 is 2. The molecule has 0 aliphatic carbocycles. The SMILES string of the molecule is COc1ccc(-c2csc(-c3ccc(CNS(C)(=O)=O)cc3)n2)cc1OC. The normalized spacial score (nSPS) is 11.4. The molecule has 6 nitrogen and oxygen atoms in total. The Labute approximate surface area is 162 Å². The van der Waals surface area contributed by atoms with E-state index in [9.17, 15) is 8.42 Å². The van der Waals surface area contributed by atoms with Gasteiger partial charge in [0.05, 0.1) is 26.2 Å². The van der Waals surface area contributed by atoms with Crippen LogP contribution in [0.3, 0.4) is 0 Å². The molecule has 0 unspecified atom stereocenters. The first kappa shape index (κ1) is 19.3. The smallest absolute Gasteiger partial charge is 0.209 e. The Morgan fingerprint density at radius 1 is 1.00 bits per heavy atom. The minimum Gasteiger partial charge on any atom is -0.493 e. The topological polar surface area (TPSA) is 77.5 Å². The predicted molar refractivity (Wildman–Crippen MR) is 108 cm³/mol. The summed E-state index contributed by atoms with van der Waals surface area (Å²) in [6.45, 7) is 0.272.